The van der Waals surface area contributed by atoms with Crippen LogP contribution in [0.15, 0.2) is 42.5 Å². The fourth-order valence-corrected chi connectivity index (χ4v) is 2.95. The van der Waals surface area contributed by atoms with Gasteiger partial charge >= 0.3 is 0 Å². The van der Waals surface area contributed by atoms with Crippen molar-refractivity contribution in [2.45, 2.75) is 13.1 Å². The van der Waals surface area contributed by atoms with Gasteiger partial charge in [0.25, 0.3) is 0 Å². The lowest BCUT2D eigenvalue weighted by Crippen LogP contribution is -2.16. The van der Waals surface area contributed by atoms with Gasteiger partial charge in [-0.2, -0.15) is 0 Å². The molecule has 0 aliphatic rings. The number of aromatic nitrogens is 3. The van der Waals surface area contributed by atoms with Crippen LogP contribution in [0.1, 0.15) is 11.3 Å². The smallest absolute Gasteiger partial charge is 0.188 e. The van der Waals surface area contributed by atoms with E-state index in [4.69, 9.17) is 18.9 Å². The maximum Gasteiger partial charge on any atom is 0.188 e. The number of rotatable bonds is 10. The highest BCUT2D eigenvalue weighted by Crippen LogP contribution is 2.26. The molecule has 29 heavy (non-hydrogen) atoms. The number of nitrogens with one attached hydrogen (secondary N) is 1. The minimum atomic E-state index is 0.217. The zero-order chi connectivity index (χ0) is 20.6. The van der Waals surface area contributed by atoms with Crippen molar-refractivity contribution in [2.75, 3.05) is 28.1 Å². The van der Waals surface area contributed by atoms with E-state index < -0.39 is 0 Å². The molecular weight excluding hydrogens is 372 g/mol. The van der Waals surface area contributed by atoms with E-state index in [1.165, 1.54) is 0 Å². The average molecular weight is 398 g/mol. The normalized spacial score (nSPS) is 10.8. The Hall–Kier alpha value is -3.10. The third-order valence-electron chi connectivity index (χ3n) is 4.52. The van der Waals surface area contributed by atoms with Crippen LogP contribution in [-0.2, 0) is 24.9 Å². The molecule has 1 heterocycles. The second kappa shape index (κ2) is 9.90. The molecule has 2 aromatic carbocycles. The van der Waals surface area contributed by atoms with E-state index in [1.54, 1.807) is 26.0 Å². The molecule has 8 heteroatoms. The zero-order valence-corrected chi connectivity index (χ0v) is 17.1. The van der Waals surface area contributed by atoms with Crippen LogP contribution in [0.4, 0.5) is 0 Å². The lowest BCUT2D eigenvalue weighted by Gasteiger charge is -2.12. The fraction of sp³-hybridized carbons (Fsp3) is 0.333. The van der Waals surface area contributed by atoms with Gasteiger partial charge < -0.3 is 24.3 Å². The number of aryl methyl sites for hydroxylation is 1. The molecule has 0 bridgehead atoms. The molecule has 0 unspecified atom stereocenters. The van der Waals surface area contributed by atoms with Gasteiger partial charge in [-0.15, -0.1) is 5.10 Å². The van der Waals surface area contributed by atoms with E-state index in [0.717, 1.165) is 39.8 Å². The quantitative estimate of drug-likeness (QED) is 0.526. The van der Waals surface area contributed by atoms with Crippen molar-refractivity contribution in [2.24, 2.45) is 7.05 Å². The zero-order valence-electron chi connectivity index (χ0n) is 17.1. The summed E-state index contributed by atoms with van der Waals surface area (Å²) in [7, 11) is 6.77. The number of benzene rings is 2. The first-order chi connectivity index (χ1) is 14.2. The highest BCUT2D eigenvalue weighted by molar-refractivity contribution is 5.62. The molecular formula is C21H26N4O4. The summed E-state index contributed by atoms with van der Waals surface area (Å²) in [6.45, 7) is 1.46. The van der Waals surface area contributed by atoms with Crippen LogP contribution in [0.2, 0.25) is 0 Å². The van der Waals surface area contributed by atoms with Crippen molar-refractivity contribution in [3.63, 3.8) is 0 Å². The number of hydrogen-bond acceptors (Lipinski definition) is 7. The van der Waals surface area contributed by atoms with Crippen LogP contribution in [0.25, 0.3) is 11.3 Å². The molecule has 0 radical (unpaired) electrons. The molecule has 0 aliphatic carbocycles. The number of hydrogen-bond donors (Lipinski definition) is 1. The molecule has 0 spiro atoms. The summed E-state index contributed by atoms with van der Waals surface area (Å²) >= 11 is 0. The second-order valence-corrected chi connectivity index (χ2v) is 6.36. The Morgan fingerprint density at radius 2 is 1.69 bits per heavy atom. The van der Waals surface area contributed by atoms with E-state index in [1.807, 2.05) is 49.5 Å². The van der Waals surface area contributed by atoms with Crippen LogP contribution in [-0.4, -0.2) is 43.1 Å². The summed E-state index contributed by atoms with van der Waals surface area (Å²) in [4.78, 5) is 0. The Morgan fingerprint density at radius 1 is 0.931 bits per heavy atom. The Balaban J connectivity index is 1.69. The first kappa shape index (κ1) is 20.6. The monoisotopic (exact) mass is 398 g/mol. The lowest BCUT2D eigenvalue weighted by atomic mass is 10.1. The summed E-state index contributed by atoms with van der Waals surface area (Å²) in [5.41, 5.74) is 3.84. The predicted molar refractivity (Wildman–Crippen MR) is 109 cm³/mol. The standard InChI is InChI=1S/C21H26N4O4/c1-25-19(13-22-12-16-7-10-18(27-3)11-20(16)28-4)21(23-24-25)15-5-8-17(9-6-15)29-14-26-2/h5-11,22H,12-14H2,1-4H3. The third kappa shape index (κ3) is 5.04. The minimum Gasteiger partial charge on any atom is -0.497 e. The van der Waals surface area contributed by atoms with Crippen LogP contribution >= 0.6 is 0 Å². The molecule has 0 atom stereocenters. The number of nitrogens with zero attached hydrogens (tertiary/aromatic N) is 3. The molecule has 154 valence electrons. The maximum absolute atomic E-state index is 5.46. The Kier molecular flexibility index (Phi) is 7.04. The predicted octanol–water partition coefficient (Wildman–Crippen LogP) is 2.77. The van der Waals surface area contributed by atoms with Gasteiger partial charge in [-0.1, -0.05) is 11.3 Å². The molecule has 8 nitrogen and oxygen atoms in total. The van der Waals surface area contributed by atoms with Crippen molar-refractivity contribution in [3.05, 3.63) is 53.7 Å². The minimum absolute atomic E-state index is 0.217. The van der Waals surface area contributed by atoms with Crippen LogP contribution in [0.3, 0.4) is 0 Å². The molecule has 1 aromatic heterocycles. The summed E-state index contributed by atoms with van der Waals surface area (Å²) in [5, 5.41) is 12.0. The van der Waals surface area contributed by atoms with E-state index in [0.29, 0.717) is 13.1 Å². The van der Waals surface area contributed by atoms with Gasteiger partial charge in [-0.3, -0.25) is 4.68 Å². The van der Waals surface area contributed by atoms with Crippen molar-refractivity contribution in [1.82, 2.24) is 20.3 Å². The topological polar surface area (TPSA) is 79.7 Å². The molecule has 3 aromatic rings. The van der Waals surface area contributed by atoms with Gasteiger partial charge in [0.05, 0.1) is 19.9 Å². The van der Waals surface area contributed by atoms with Crippen LogP contribution < -0.4 is 19.5 Å². The first-order valence-corrected chi connectivity index (χ1v) is 9.18. The maximum atomic E-state index is 5.46. The van der Waals surface area contributed by atoms with Crippen LogP contribution in [0.5, 0.6) is 17.2 Å². The van der Waals surface area contributed by atoms with E-state index in [9.17, 15) is 0 Å². The number of methoxy groups -OCH3 is 3. The summed E-state index contributed by atoms with van der Waals surface area (Å²) in [6.07, 6.45) is 0. The van der Waals surface area contributed by atoms with Gasteiger partial charge in [-0.25, -0.2) is 0 Å². The van der Waals surface area contributed by atoms with E-state index >= 15 is 0 Å². The molecule has 0 saturated carbocycles. The average Bonchev–Trinajstić information content (AvgIpc) is 3.13. The third-order valence-corrected chi connectivity index (χ3v) is 4.52. The van der Waals surface area contributed by atoms with Gasteiger partial charge in [0.1, 0.15) is 22.9 Å². The Bertz CT molecular complexity index is 925. The van der Waals surface area contributed by atoms with E-state index in [-0.39, 0.29) is 6.79 Å². The summed E-state index contributed by atoms with van der Waals surface area (Å²) in [6, 6.07) is 13.5. The molecule has 0 aliphatic heterocycles. The van der Waals surface area contributed by atoms with Gasteiger partial charge in [0.15, 0.2) is 6.79 Å². The van der Waals surface area contributed by atoms with Crippen molar-refractivity contribution in [3.8, 4) is 28.5 Å². The van der Waals surface area contributed by atoms with Gasteiger partial charge in [0, 0.05) is 44.4 Å². The summed E-state index contributed by atoms with van der Waals surface area (Å²) < 4.78 is 22.8. The molecule has 0 amide bonds. The van der Waals surface area contributed by atoms with Crippen molar-refractivity contribution in [1.29, 1.82) is 0 Å². The van der Waals surface area contributed by atoms with Crippen molar-refractivity contribution >= 4 is 0 Å². The SMILES string of the molecule is COCOc1ccc(-c2nnn(C)c2CNCc2ccc(OC)cc2OC)cc1. The van der Waals surface area contributed by atoms with E-state index in [2.05, 4.69) is 15.6 Å². The fourth-order valence-electron chi connectivity index (χ4n) is 2.95. The molecule has 0 saturated heterocycles. The lowest BCUT2D eigenvalue weighted by molar-refractivity contribution is 0.0511. The number of ether oxygens (including phenoxy) is 4. The largest absolute Gasteiger partial charge is 0.497 e. The van der Waals surface area contributed by atoms with Gasteiger partial charge in [-0.05, 0) is 30.3 Å². The Labute approximate surface area is 170 Å². The molecule has 0 fully saturated rings. The summed E-state index contributed by atoms with van der Waals surface area (Å²) in [5.74, 6) is 2.29. The molecule has 3 rings (SSSR count). The highest BCUT2D eigenvalue weighted by Gasteiger charge is 2.13. The van der Waals surface area contributed by atoms with Gasteiger partial charge in [0.2, 0.25) is 0 Å². The Morgan fingerprint density at radius 3 is 2.38 bits per heavy atom. The highest BCUT2D eigenvalue weighted by atomic mass is 16.7. The first-order valence-electron chi connectivity index (χ1n) is 9.18. The second-order valence-electron chi connectivity index (χ2n) is 6.36. The molecule has 1 N–H and O–H groups in total. The van der Waals surface area contributed by atoms with Crippen molar-refractivity contribution < 1.29 is 18.9 Å². The van der Waals surface area contributed by atoms with Crippen LogP contribution in [0, 0.1) is 0 Å².